The van der Waals surface area contributed by atoms with Gasteiger partial charge >= 0.3 is 0 Å². The van der Waals surface area contributed by atoms with E-state index in [2.05, 4.69) is 4.98 Å². The molecule has 0 fully saturated rings. The largest absolute Gasteiger partial charge is 0.492 e. The number of halogens is 1. The first-order chi connectivity index (χ1) is 14.8. The van der Waals surface area contributed by atoms with Gasteiger partial charge in [-0.2, -0.15) is 4.31 Å². The molecule has 0 bridgehead atoms. The maximum Gasteiger partial charge on any atom is 0.262 e. The standard InChI is InChI=1S/C22H24ClN3O4S/c1-16-24-22(13-25(16)2)31(27,28)26-9-10-30-21-8-5-18(11-19(21)12-26)15-29-14-17-3-6-20(23)7-4-17/h3-8,11,13H,9-10,12,14-15H2,1-2H3. The Morgan fingerprint density at radius 1 is 1.13 bits per heavy atom. The molecule has 0 saturated heterocycles. The van der Waals surface area contributed by atoms with E-state index in [9.17, 15) is 8.42 Å². The fraction of sp³-hybridized carbons (Fsp3) is 0.318. The van der Waals surface area contributed by atoms with Crippen LogP contribution in [0.4, 0.5) is 0 Å². The van der Waals surface area contributed by atoms with Gasteiger partial charge in [0.05, 0.1) is 13.2 Å². The normalized spacial score (nSPS) is 14.7. The van der Waals surface area contributed by atoms with Gasteiger partial charge in [0.25, 0.3) is 10.0 Å². The third kappa shape index (κ3) is 4.93. The van der Waals surface area contributed by atoms with Crippen molar-refractivity contribution in [3.63, 3.8) is 0 Å². The highest BCUT2D eigenvalue weighted by Crippen LogP contribution is 2.28. The summed E-state index contributed by atoms with van der Waals surface area (Å²) in [4.78, 5) is 4.20. The number of hydrogen-bond donors (Lipinski definition) is 0. The van der Waals surface area contributed by atoms with Gasteiger partial charge in [-0.3, -0.25) is 0 Å². The molecule has 0 N–H and O–H groups in total. The number of sulfonamides is 1. The molecule has 31 heavy (non-hydrogen) atoms. The fourth-order valence-corrected chi connectivity index (χ4v) is 4.92. The summed E-state index contributed by atoms with van der Waals surface area (Å²) in [7, 11) is -1.94. The maximum atomic E-state index is 13.1. The first-order valence-corrected chi connectivity index (χ1v) is 11.7. The van der Waals surface area contributed by atoms with Crippen LogP contribution in [0, 0.1) is 6.92 Å². The first-order valence-electron chi connectivity index (χ1n) is 9.90. The number of aryl methyl sites for hydroxylation is 2. The Bertz CT molecular complexity index is 1160. The van der Waals surface area contributed by atoms with Crippen molar-refractivity contribution < 1.29 is 17.9 Å². The molecule has 0 radical (unpaired) electrons. The van der Waals surface area contributed by atoms with Crippen molar-refractivity contribution in [1.29, 1.82) is 0 Å². The quantitative estimate of drug-likeness (QED) is 0.559. The lowest BCUT2D eigenvalue weighted by molar-refractivity contribution is 0.107. The predicted octanol–water partition coefficient (Wildman–Crippen LogP) is 3.68. The Kier molecular flexibility index (Phi) is 6.34. The van der Waals surface area contributed by atoms with Crippen molar-refractivity contribution in [2.75, 3.05) is 13.2 Å². The first kappa shape index (κ1) is 21.8. The molecular weight excluding hydrogens is 438 g/mol. The Labute approximate surface area is 187 Å². The topological polar surface area (TPSA) is 73.7 Å². The molecule has 3 aromatic rings. The van der Waals surface area contributed by atoms with Crippen LogP contribution in [0.25, 0.3) is 0 Å². The van der Waals surface area contributed by atoms with Gasteiger partial charge in [0, 0.05) is 36.9 Å². The Hall–Kier alpha value is -2.39. The van der Waals surface area contributed by atoms with Gasteiger partial charge in [-0.05, 0) is 42.3 Å². The molecule has 9 heteroatoms. The maximum absolute atomic E-state index is 13.1. The molecule has 0 amide bonds. The van der Waals surface area contributed by atoms with Gasteiger partial charge < -0.3 is 14.0 Å². The van der Waals surface area contributed by atoms with Crippen LogP contribution in [-0.2, 0) is 41.6 Å². The zero-order valence-electron chi connectivity index (χ0n) is 17.4. The summed E-state index contributed by atoms with van der Waals surface area (Å²) in [5, 5.41) is 0.744. The molecule has 2 heterocycles. The molecule has 4 rings (SSSR count). The van der Waals surface area contributed by atoms with Gasteiger partial charge in [0.15, 0.2) is 5.03 Å². The summed E-state index contributed by atoms with van der Waals surface area (Å²) in [5.41, 5.74) is 2.79. The van der Waals surface area contributed by atoms with Gasteiger partial charge in [0.2, 0.25) is 0 Å². The van der Waals surface area contributed by atoms with Crippen LogP contribution in [0.3, 0.4) is 0 Å². The van der Waals surface area contributed by atoms with E-state index in [0.29, 0.717) is 29.8 Å². The molecule has 0 aliphatic carbocycles. The van der Waals surface area contributed by atoms with Crippen LogP contribution in [0.1, 0.15) is 22.5 Å². The van der Waals surface area contributed by atoms with Crippen molar-refractivity contribution in [2.24, 2.45) is 7.05 Å². The smallest absolute Gasteiger partial charge is 0.262 e. The van der Waals surface area contributed by atoms with E-state index in [1.54, 1.807) is 24.7 Å². The number of hydrogen-bond acceptors (Lipinski definition) is 5. The zero-order chi connectivity index (χ0) is 22.0. The van der Waals surface area contributed by atoms with Crippen LogP contribution in [0.2, 0.25) is 5.02 Å². The van der Waals surface area contributed by atoms with E-state index in [4.69, 9.17) is 21.1 Å². The lowest BCUT2D eigenvalue weighted by Crippen LogP contribution is -2.32. The minimum absolute atomic E-state index is 0.0541. The van der Waals surface area contributed by atoms with E-state index >= 15 is 0 Å². The minimum Gasteiger partial charge on any atom is -0.492 e. The third-order valence-electron chi connectivity index (χ3n) is 5.21. The van der Waals surface area contributed by atoms with Crippen molar-refractivity contribution in [3.8, 4) is 5.75 Å². The van der Waals surface area contributed by atoms with E-state index < -0.39 is 10.0 Å². The third-order valence-corrected chi connectivity index (χ3v) is 7.18. The number of nitrogens with zero attached hydrogens (tertiary/aromatic N) is 3. The Balaban J connectivity index is 1.48. The molecule has 1 aromatic heterocycles. The second kappa shape index (κ2) is 9.00. The Morgan fingerprint density at radius 3 is 2.55 bits per heavy atom. The number of aromatic nitrogens is 2. The van der Waals surface area contributed by atoms with E-state index in [1.807, 2.05) is 42.5 Å². The van der Waals surface area contributed by atoms with Crippen molar-refractivity contribution >= 4 is 21.6 Å². The van der Waals surface area contributed by atoms with Crippen LogP contribution in [0.15, 0.2) is 53.7 Å². The molecule has 0 spiro atoms. The molecule has 7 nitrogen and oxygen atoms in total. The second-order valence-electron chi connectivity index (χ2n) is 7.49. The lowest BCUT2D eigenvalue weighted by atomic mass is 10.1. The summed E-state index contributed by atoms with van der Waals surface area (Å²) >= 11 is 5.91. The number of imidazole rings is 1. The average molecular weight is 462 g/mol. The summed E-state index contributed by atoms with van der Waals surface area (Å²) in [5.74, 6) is 1.33. The van der Waals surface area contributed by atoms with E-state index in [-0.39, 0.29) is 24.7 Å². The highest BCUT2D eigenvalue weighted by atomic mass is 35.5. The molecule has 1 aliphatic rings. The average Bonchev–Trinajstić information content (AvgIpc) is 2.96. The minimum atomic E-state index is -3.72. The van der Waals surface area contributed by atoms with Crippen LogP contribution in [-0.4, -0.2) is 35.4 Å². The summed E-state index contributed by atoms with van der Waals surface area (Å²) in [6, 6.07) is 13.3. The highest BCUT2D eigenvalue weighted by Gasteiger charge is 2.30. The van der Waals surface area contributed by atoms with Crippen molar-refractivity contribution in [1.82, 2.24) is 13.9 Å². The molecule has 0 atom stereocenters. The summed E-state index contributed by atoms with van der Waals surface area (Å²) < 4.78 is 41.0. The fourth-order valence-electron chi connectivity index (χ4n) is 3.37. The van der Waals surface area contributed by atoms with Crippen LogP contribution >= 0.6 is 11.6 Å². The molecule has 1 aliphatic heterocycles. The van der Waals surface area contributed by atoms with Gasteiger partial charge in [-0.15, -0.1) is 0 Å². The lowest BCUT2D eigenvalue weighted by Gasteiger charge is -2.18. The van der Waals surface area contributed by atoms with E-state index in [0.717, 1.165) is 16.7 Å². The second-order valence-corrected chi connectivity index (χ2v) is 9.81. The van der Waals surface area contributed by atoms with Gasteiger partial charge in [-0.1, -0.05) is 29.8 Å². The summed E-state index contributed by atoms with van der Waals surface area (Å²) in [6.45, 7) is 3.40. The Morgan fingerprint density at radius 2 is 1.84 bits per heavy atom. The van der Waals surface area contributed by atoms with Crippen molar-refractivity contribution in [3.05, 3.63) is 76.2 Å². The zero-order valence-corrected chi connectivity index (χ0v) is 19.0. The van der Waals surface area contributed by atoms with Crippen LogP contribution < -0.4 is 4.74 Å². The molecule has 164 valence electrons. The number of fused-ring (bicyclic) bond motifs is 1. The van der Waals surface area contributed by atoms with Crippen LogP contribution in [0.5, 0.6) is 5.75 Å². The van der Waals surface area contributed by atoms with Crippen molar-refractivity contribution in [2.45, 2.75) is 31.7 Å². The van der Waals surface area contributed by atoms with Gasteiger partial charge in [-0.25, -0.2) is 13.4 Å². The highest BCUT2D eigenvalue weighted by molar-refractivity contribution is 7.89. The molecule has 2 aromatic carbocycles. The van der Waals surface area contributed by atoms with Gasteiger partial charge in [0.1, 0.15) is 18.2 Å². The molecule has 0 saturated carbocycles. The monoisotopic (exact) mass is 461 g/mol. The SMILES string of the molecule is Cc1nc(S(=O)(=O)N2CCOc3ccc(COCc4ccc(Cl)cc4)cc3C2)cn1C. The summed E-state index contributed by atoms with van der Waals surface area (Å²) in [6.07, 6.45) is 1.54. The number of rotatable bonds is 6. The number of ether oxygens (including phenoxy) is 2. The van der Waals surface area contributed by atoms with E-state index in [1.165, 1.54) is 4.31 Å². The molecule has 0 unspecified atom stereocenters. The molecular formula is C22H24ClN3O4S. The predicted molar refractivity (Wildman–Crippen MR) is 117 cm³/mol. The number of benzene rings is 2.